The molecule has 0 heterocycles. The maximum atomic E-state index is 11.2. The number of carbonyl (C=O) groups is 2. The number of ether oxygens (including phenoxy) is 2. The lowest BCUT2D eigenvalue weighted by molar-refractivity contribution is -0.144. The molecule has 0 aliphatic heterocycles. The van der Waals surface area contributed by atoms with Crippen molar-refractivity contribution < 1.29 is 19.1 Å². The van der Waals surface area contributed by atoms with Gasteiger partial charge in [0.2, 0.25) is 0 Å². The maximum absolute atomic E-state index is 11.2. The minimum absolute atomic E-state index is 0.212. The average Bonchev–Trinajstić information content (AvgIpc) is 2.30. The third-order valence-corrected chi connectivity index (χ3v) is 2.11. The first kappa shape index (κ1) is 13.2. The van der Waals surface area contributed by atoms with Gasteiger partial charge in [0, 0.05) is 5.56 Å². The molecular formula is C13H16O4. The van der Waals surface area contributed by atoms with E-state index in [4.69, 9.17) is 9.47 Å². The average molecular weight is 236 g/mol. The minimum atomic E-state index is -0.274. The SMILES string of the molecule is CCOC(=O)CC(C)Oc1ccc(C=O)cc1. The van der Waals surface area contributed by atoms with Crippen molar-refractivity contribution in [3.8, 4) is 5.75 Å². The van der Waals surface area contributed by atoms with Crippen molar-refractivity contribution in [3.63, 3.8) is 0 Å². The Kier molecular flexibility index (Phi) is 5.20. The fourth-order valence-corrected chi connectivity index (χ4v) is 1.35. The van der Waals surface area contributed by atoms with Crippen LogP contribution in [0.3, 0.4) is 0 Å². The Hall–Kier alpha value is -1.84. The van der Waals surface area contributed by atoms with E-state index >= 15 is 0 Å². The van der Waals surface area contributed by atoms with Crippen LogP contribution in [0.1, 0.15) is 30.6 Å². The van der Waals surface area contributed by atoms with Crippen LogP contribution in [0.5, 0.6) is 5.75 Å². The van der Waals surface area contributed by atoms with E-state index in [9.17, 15) is 9.59 Å². The zero-order valence-corrected chi connectivity index (χ0v) is 10.0. The molecule has 0 spiro atoms. The van der Waals surface area contributed by atoms with Crippen molar-refractivity contribution in [2.24, 2.45) is 0 Å². The molecule has 0 bridgehead atoms. The van der Waals surface area contributed by atoms with Crippen molar-refractivity contribution in [1.82, 2.24) is 0 Å². The summed E-state index contributed by atoms with van der Waals surface area (Å²) in [7, 11) is 0. The monoisotopic (exact) mass is 236 g/mol. The largest absolute Gasteiger partial charge is 0.490 e. The molecule has 0 saturated heterocycles. The zero-order chi connectivity index (χ0) is 12.7. The second kappa shape index (κ2) is 6.68. The van der Waals surface area contributed by atoms with Crippen LogP contribution in [0.25, 0.3) is 0 Å². The number of aldehydes is 1. The highest BCUT2D eigenvalue weighted by Gasteiger charge is 2.11. The Bertz CT molecular complexity index is 370. The van der Waals surface area contributed by atoms with Gasteiger partial charge >= 0.3 is 5.97 Å². The summed E-state index contributed by atoms with van der Waals surface area (Å²) < 4.78 is 10.3. The maximum Gasteiger partial charge on any atom is 0.309 e. The summed E-state index contributed by atoms with van der Waals surface area (Å²) >= 11 is 0. The Morgan fingerprint density at radius 1 is 1.35 bits per heavy atom. The lowest BCUT2D eigenvalue weighted by atomic mass is 10.2. The second-order valence-corrected chi connectivity index (χ2v) is 3.62. The van der Waals surface area contributed by atoms with E-state index in [-0.39, 0.29) is 18.5 Å². The first-order valence-corrected chi connectivity index (χ1v) is 5.53. The van der Waals surface area contributed by atoms with Crippen molar-refractivity contribution >= 4 is 12.3 Å². The van der Waals surface area contributed by atoms with E-state index in [1.165, 1.54) is 0 Å². The normalized spacial score (nSPS) is 11.6. The van der Waals surface area contributed by atoms with Gasteiger partial charge in [0.05, 0.1) is 13.0 Å². The molecule has 0 radical (unpaired) electrons. The first-order chi connectivity index (χ1) is 8.15. The second-order valence-electron chi connectivity index (χ2n) is 3.62. The third kappa shape index (κ3) is 4.68. The molecule has 1 aromatic rings. The predicted molar refractivity (Wildman–Crippen MR) is 63.2 cm³/mol. The molecule has 1 atom stereocenters. The van der Waals surface area contributed by atoms with Crippen molar-refractivity contribution in [3.05, 3.63) is 29.8 Å². The van der Waals surface area contributed by atoms with Crippen LogP contribution >= 0.6 is 0 Å². The first-order valence-electron chi connectivity index (χ1n) is 5.53. The van der Waals surface area contributed by atoms with E-state index in [2.05, 4.69) is 0 Å². The van der Waals surface area contributed by atoms with Gasteiger partial charge in [-0.3, -0.25) is 9.59 Å². The number of carbonyl (C=O) groups excluding carboxylic acids is 2. The van der Waals surface area contributed by atoms with Crippen LogP contribution in [0.2, 0.25) is 0 Å². The van der Waals surface area contributed by atoms with Gasteiger partial charge in [0.25, 0.3) is 0 Å². The van der Waals surface area contributed by atoms with Crippen LogP contribution in [-0.4, -0.2) is 25.0 Å². The van der Waals surface area contributed by atoms with Gasteiger partial charge in [-0.05, 0) is 38.1 Å². The van der Waals surface area contributed by atoms with Gasteiger partial charge in [0.1, 0.15) is 18.1 Å². The van der Waals surface area contributed by atoms with Gasteiger partial charge < -0.3 is 9.47 Å². The van der Waals surface area contributed by atoms with Gasteiger partial charge in [-0.25, -0.2) is 0 Å². The molecule has 92 valence electrons. The number of benzene rings is 1. The van der Waals surface area contributed by atoms with Gasteiger partial charge in [-0.2, -0.15) is 0 Å². The molecular weight excluding hydrogens is 220 g/mol. The topological polar surface area (TPSA) is 52.6 Å². The Morgan fingerprint density at radius 2 is 2.00 bits per heavy atom. The molecule has 1 aromatic carbocycles. The Balaban J connectivity index is 2.46. The standard InChI is InChI=1S/C13H16O4/c1-3-16-13(15)8-10(2)17-12-6-4-11(9-14)5-7-12/h4-7,9-10H,3,8H2,1-2H3. The van der Waals surface area contributed by atoms with Gasteiger partial charge in [-0.15, -0.1) is 0 Å². The number of rotatable bonds is 6. The highest BCUT2D eigenvalue weighted by molar-refractivity contribution is 5.74. The molecule has 4 nitrogen and oxygen atoms in total. The lowest BCUT2D eigenvalue weighted by Gasteiger charge is -2.13. The number of hydrogen-bond acceptors (Lipinski definition) is 4. The molecule has 0 N–H and O–H groups in total. The van der Waals surface area contributed by atoms with Crippen molar-refractivity contribution in [1.29, 1.82) is 0 Å². The number of esters is 1. The fraction of sp³-hybridized carbons (Fsp3) is 0.385. The summed E-state index contributed by atoms with van der Waals surface area (Å²) in [5.41, 5.74) is 0.593. The quantitative estimate of drug-likeness (QED) is 0.561. The lowest BCUT2D eigenvalue weighted by Crippen LogP contribution is -2.18. The fourth-order valence-electron chi connectivity index (χ4n) is 1.35. The Labute approximate surface area is 101 Å². The highest BCUT2D eigenvalue weighted by atomic mass is 16.5. The molecule has 1 unspecified atom stereocenters. The minimum Gasteiger partial charge on any atom is -0.490 e. The molecule has 0 aliphatic rings. The van der Waals surface area contributed by atoms with Crippen LogP contribution in [0.4, 0.5) is 0 Å². The van der Waals surface area contributed by atoms with Gasteiger partial charge in [0.15, 0.2) is 0 Å². The van der Waals surface area contributed by atoms with Crippen molar-refractivity contribution in [2.75, 3.05) is 6.61 Å². The van der Waals surface area contributed by atoms with Crippen LogP contribution in [0, 0.1) is 0 Å². The molecule has 0 saturated carbocycles. The van der Waals surface area contributed by atoms with Crippen LogP contribution in [0.15, 0.2) is 24.3 Å². The summed E-state index contributed by atoms with van der Waals surface area (Å²) in [5.74, 6) is 0.358. The van der Waals surface area contributed by atoms with E-state index < -0.39 is 0 Å². The summed E-state index contributed by atoms with van der Waals surface area (Å²) in [6, 6.07) is 6.73. The summed E-state index contributed by atoms with van der Waals surface area (Å²) in [4.78, 5) is 21.7. The summed E-state index contributed by atoms with van der Waals surface area (Å²) in [6.07, 6.45) is 0.728. The highest BCUT2D eigenvalue weighted by Crippen LogP contribution is 2.14. The van der Waals surface area contributed by atoms with E-state index in [1.807, 2.05) is 0 Å². The zero-order valence-electron chi connectivity index (χ0n) is 10.0. The predicted octanol–water partition coefficient (Wildman–Crippen LogP) is 2.22. The summed E-state index contributed by atoms with van der Waals surface area (Å²) in [5, 5.41) is 0. The summed E-state index contributed by atoms with van der Waals surface area (Å²) in [6.45, 7) is 3.94. The third-order valence-electron chi connectivity index (χ3n) is 2.11. The number of hydrogen-bond donors (Lipinski definition) is 0. The molecule has 0 amide bonds. The molecule has 1 rings (SSSR count). The van der Waals surface area contributed by atoms with Crippen LogP contribution in [-0.2, 0) is 9.53 Å². The molecule has 0 aromatic heterocycles. The Morgan fingerprint density at radius 3 is 2.53 bits per heavy atom. The molecule has 4 heteroatoms. The van der Waals surface area contributed by atoms with E-state index in [0.29, 0.717) is 17.9 Å². The van der Waals surface area contributed by atoms with Crippen molar-refractivity contribution in [2.45, 2.75) is 26.4 Å². The van der Waals surface area contributed by atoms with Gasteiger partial charge in [-0.1, -0.05) is 0 Å². The molecule has 17 heavy (non-hydrogen) atoms. The molecule has 0 aliphatic carbocycles. The van der Waals surface area contributed by atoms with Crippen LogP contribution < -0.4 is 4.74 Å². The van der Waals surface area contributed by atoms with E-state index in [1.54, 1.807) is 38.1 Å². The van der Waals surface area contributed by atoms with E-state index in [0.717, 1.165) is 6.29 Å². The molecule has 0 fully saturated rings. The smallest absolute Gasteiger partial charge is 0.309 e.